The fourth-order valence-electron chi connectivity index (χ4n) is 3.51. The maximum atomic E-state index is 12.4. The van der Waals surface area contributed by atoms with E-state index in [1.54, 1.807) is 31.4 Å². The van der Waals surface area contributed by atoms with Crippen LogP contribution in [0.15, 0.2) is 49.1 Å². The molecular weight excluding hydrogens is 400 g/mol. The molecule has 0 saturated heterocycles. The Kier molecular flexibility index (Phi) is 5.40. The van der Waals surface area contributed by atoms with Crippen molar-refractivity contribution in [1.29, 1.82) is 0 Å². The van der Waals surface area contributed by atoms with Crippen molar-refractivity contribution in [1.82, 2.24) is 19.7 Å². The predicted octanol–water partition coefficient (Wildman–Crippen LogP) is 3.27. The molecule has 158 valence electrons. The number of carbonyl (C=O) groups is 1. The first-order valence-electron chi connectivity index (χ1n) is 9.34. The second kappa shape index (κ2) is 8.31. The number of carboxylic acid groups (broad SMARTS) is 1. The summed E-state index contributed by atoms with van der Waals surface area (Å²) in [6.07, 6.45) is 2.90. The Hall–Kier alpha value is -4.14. The number of hydrogen-bond acceptors (Lipinski definition) is 7. The first kappa shape index (κ1) is 20.1. The van der Waals surface area contributed by atoms with Gasteiger partial charge in [-0.1, -0.05) is 12.1 Å². The Balaban J connectivity index is 2.07. The van der Waals surface area contributed by atoms with E-state index in [-0.39, 0.29) is 12.1 Å². The highest BCUT2D eigenvalue weighted by atomic mass is 16.5. The van der Waals surface area contributed by atoms with Crippen LogP contribution in [-0.2, 0) is 6.54 Å². The maximum Gasteiger partial charge on any atom is 0.338 e. The quantitative estimate of drug-likeness (QED) is 0.485. The third kappa shape index (κ3) is 3.73. The third-order valence-electron chi connectivity index (χ3n) is 4.94. The Morgan fingerprint density at radius 1 is 1.03 bits per heavy atom. The van der Waals surface area contributed by atoms with Gasteiger partial charge in [0.05, 0.1) is 44.6 Å². The van der Waals surface area contributed by atoms with Gasteiger partial charge in [-0.25, -0.2) is 19.4 Å². The number of aromatic carboxylic acids is 1. The van der Waals surface area contributed by atoms with E-state index in [0.29, 0.717) is 45.0 Å². The minimum atomic E-state index is -1.09. The zero-order valence-electron chi connectivity index (χ0n) is 17.2. The molecule has 0 saturated carbocycles. The summed E-state index contributed by atoms with van der Waals surface area (Å²) in [6, 6.07) is 10.7. The zero-order chi connectivity index (χ0) is 22.0. The average molecular weight is 420 g/mol. The molecule has 1 N–H and O–H groups in total. The molecule has 2 aromatic heterocycles. The molecule has 0 spiro atoms. The SMILES string of the molecule is COc1ccc(-c2c(C(=O)O)c(Cn3cncn3)nc3cc(OC)c(OC)cc23)cc1. The number of hydrogen-bond donors (Lipinski definition) is 1. The van der Waals surface area contributed by atoms with Crippen LogP contribution in [0.2, 0.25) is 0 Å². The minimum absolute atomic E-state index is 0.0837. The second-order valence-electron chi connectivity index (χ2n) is 6.66. The van der Waals surface area contributed by atoms with Gasteiger partial charge in [0.2, 0.25) is 0 Å². The topological polar surface area (TPSA) is 109 Å². The monoisotopic (exact) mass is 420 g/mol. The van der Waals surface area contributed by atoms with Crippen LogP contribution in [0.1, 0.15) is 16.1 Å². The van der Waals surface area contributed by atoms with Crippen LogP contribution in [0, 0.1) is 0 Å². The second-order valence-corrected chi connectivity index (χ2v) is 6.66. The summed E-state index contributed by atoms with van der Waals surface area (Å²) in [5.41, 5.74) is 2.24. The lowest BCUT2D eigenvalue weighted by Gasteiger charge is -2.17. The molecule has 4 aromatic rings. The van der Waals surface area contributed by atoms with Gasteiger partial charge in [-0.3, -0.25) is 0 Å². The number of aromatic nitrogens is 4. The Labute approximate surface area is 177 Å². The molecule has 0 fully saturated rings. The van der Waals surface area contributed by atoms with Crippen LogP contribution in [0.3, 0.4) is 0 Å². The van der Waals surface area contributed by atoms with Gasteiger partial charge in [0, 0.05) is 17.0 Å². The van der Waals surface area contributed by atoms with E-state index in [0.717, 1.165) is 0 Å². The molecule has 31 heavy (non-hydrogen) atoms. The molecular formula is C22H20N4O5. The van der Waals surface area contributed by atoms with Crippen LogP contribution in [0.25, 0.3) is 22.0 Å². The average Bonchev–Trinajstić information content (AvgIpc) is 3.30. The molecule has 9 nitrogen and oxygen atoms in total. The molecule has 0 aliphatic rings. The lowest BCUT2D eigenvalue weighted by atomic mass is 9.93. The molecule has 0 aliphatic carbocycles. The van der Waals surface area contributed by atoms with E-state index in [1.165, 1.54) is 31.6 Å². The Morgan fingerprint density at radius 3 is 2.32 bits per heavy atom. The molecule has 0 radical (unpaired) electrons. The molecule has 9 heteroatoms. The fourth-order valence-corrected chi connectivity index (χ4v) is 3.51. The normalized spacial score (nSPS) is 10.8. The van der Waals surface area contributed by atoms with Crippen LogP contribution in [0.4, 0.5) is 0 Å². The van der Waals surface area contributed by atoms with Gasteiger partial charge < -0.3 is 19.3 Å². The first-order valence-corrected chi connectivity index (χ1v) is 9.34. The van der Waals surface area contributed by atoms with Crippen molar-refractivity contribution in [2.45, 2.75) is 6.54 Å². The summed E-state index contributed by atoms with van der Waals surface area (Å²) in [7, 11) is 4.64. The van der Waals surface area contributed by atoms with Gasteiger partial charge in [-0.2, -0.15) is 5.10 Å². The molecule has 4 rings (SSSR count). The van der Waals surface area contributed by atoms with Crippen molar-refractivity contribution in [2.75, 3.05) is 21.3 Å². The van der Waals surface area contributed by atoms with E-state index in [4.69, 9.17) is 14.2 Å². The summed E-state index contributed by atoms with van der Waals surface area (Å²) >= 11 is 0. The highest BCUT2D eigenvalue weighted by molar-refractivity contribution is 6.08. The van der Waals surface area contributed by atoms with E-state index in [2.05, 4.69) is 15.1 Å². The van der Waals surface area contributed by atoms with E-state index >= 15 is 0 Å². The molecule has 2 aromatic carbocycles. The number of ether oxygens (including phenoxy) is 3. The summed E-state index contributed by atoms with van der Waals surface area (Å²) in [5.74, 6) is 0.552. The van der Waals surface area contributed by atoms with Crippen molar-refractivity contribution in [3.05, 3.63) is 60.3 Å². The fraction of sp³-hybridized carbons (Fsp3) is 0.182. The van der Waals surface area contributed by atoms with Gasteiger partial charge in [0.1, 0.15) is 18.4 Å². The Morgan fingerprint density at radius 2 is 1.74 bits per heavy atom. The molecule has 0 aliphatic heterocycles. The van der Waals surface area contributed by atoms with E-state index in [9.17, 15) is 9.90 Å². The van der Waals surface area contributed by atoms with Crippen molar-refractivity contribution in [3.63, 3.8) is 0 Å². The highest BCUT2D eigenvalue weighted by Crippen LogP contribution is 2.39. The van der Waals surface area contributed by atoms with Crippen molar-refractivity contribution >= 4 is 16.9 Å². The third-order valence-corrected chi connectivity index (χ3v) is 4.94. The van der Waals surface area contributed by atoms with Crippen molar-refractivity contribution < 1.29 is 24.1 Å². The number of pyridine rings is 1. The van der Waals surface area contributed by atoms with Crippen LogP contribution >= 0.6 is 0 Å². The van der Waals surface area contributed by atoms with Gasteiger partial charge >= 0.3 is 5.97 Å². The number of rotatable bonds is 7. The molecule has 0 bridgehead atoms. The largest absolute Gasteiger partial charge is 0.497 e. The zero-order valence-corrected chi connectivity index (χ0v) is 17.2. The maximum absolute atomic E-state index is 12.4. The summed E-state index contributed by atoms with van der Waals surface area (Å²) in [4.78, 5) is 21.0. The lowest BCUT2D eigenvalue weighted by molar-refractivity contribution is 0.0696. The van der Waals surface area contributed by atoms with Crippen LogP contribution in [0.5, 0.6) is 17.2 Å². The smallest absolute Gasteiger partial charge is 0.338 e. The number of methoxy groups -OCH3 is 3. The van der Waals surface area contributed by atoms with E-state index < -0.39 is 5.97 Å². The summed E-state index contributed by atoms with van der Waals surface area (Å²) < 4.78 is 17.6. The van der Waals surface area contributed by atoms with Gasteiger partial charge in [-0.15, -0.1) is 0 Å². The van der Waals surface area contributed by atoms with E-state index in [1.807, 2.05) is 12.1 Å². The van der Waals surface area contributed by atoms with Gasteiger partial charge in [-0.05, 0) is 23.8 Å². The Bertz CT molecular complexity index is 1240. The predicted molar refractivity (Wildman–Crippen MR) is 113 cm³/mol. The molecule has 2 heterocycles. The number of nitrogens with zero attached hydrogens (tertiary/aromatic N) is 4. The van der Waals surface area contributed by atoms with Crippen LogP contribution in [-0.4, -0.2) is 52.2 Å². The standard InChI is InChI=1S/C22H20N4O5/c1-29-14-6-4-13(5-7-14)20-15-8-18(30-2)19(31-3)9-16(15)25-17(21(20)22(27)28)10-26-12-23-11-24-26/h4-9,11-12H,10H2,1-3H3,(H,27,28). The molecule has 0 amide bonds. The summed E-state index contributed by atoms with van der Waals surface area (Å²) in [6.45, 7) is 0.148. The number of fused-ring (bicyclic) bond motifs is 1. The lowest BCUT2D eigenvalue weighted by Crippen LogP contribution is -2.12. The molecule has 0 unspecified atom stereocenters. The summed E-state index contributed by atoms with van der Waals surface area (Å²) in [5, 5.41) is 14.9. The highest BCUT2D eigenvalue weighted by Gasteiger charge is 2.24. The first-order chi connectivity index (χ1) is 15.0. The van der Waals surface area contributed by atoms with Gasteiger partial charge in [0.15, 0.2) is 11.5 Å². The number of benzene rings is 2. The molecule has 0 atom stereocenters. The minimum Gasteiger partial charge on any atom is -0.497 e. The number of carboxylic acids is 1. The van der Waals surface area contributed by atoms with Crippen molar-refractivity contribution in [2.24, 2.45) is 0 Å². The van der Waals surface area contributed by atoms with Gasteiger partial charge in [0.25, 0.3) is 0 Å². The van der Waals surface area contributed by atoms with Crippen LogP contribution < -0.4 is 14.2 Å². The van der Waals surface area contributed by atoms with Crippen molar-refractivity contribution in [3.8, 4) is 28.4 Å².